The third kappa shape index (κ3) is 7.33. The van der Waals surface area contributed by atoms with Crippen LogP contribution in [0.15, 0.2) is 34.6 Å². The van der Waals surface area contributed by atoms with Gasteiger partial charge in [-0.2, -0.15) is 0 Å². The van der Waals surface area contributed by atoms with E-state index >= 15 is 0 Å². The number of aliphatic imine (C=N–C) groups is 1. The van der Waals surface area contributed by atoms with Crippen molar-refractivity contribution in [2.45, 2.75) is 58.4 Å². The highest BCUT2D eigenvalue weighted by Crippen LogP contribution is 2.38. The second-order valence-corrected chi connectivity index (χ2v) is 10.5. The van der Waals surface area contributed by atoms with Crippen LogP contribution in [0, 0.1) is 5.41 Å². The van der Waals surface area contributed by atoms with Gasteiger partial charge in [-0.25, -0.2) is 8.78 Å². The van der Waals surface area contributed by atoms with Crippen LogP contribution in [-0.2, 0) is 25.5 Å². The molecule has 1 saturated heterocycles. The van der Waals surface area contributed by atoms with Gasteiger partial charge in [0.15, 0.2) is 0 Å². The molecule has 1 amide bonds. The molecule has 0 unspecified atom stereocenters. The molecule has 3 heterocycles. The molecule has 1 fully saturated rings. The molecular weight excluding hydrogens is 546 g/mol. The highest BCUT2D eigenvalue weighted by molar-refractivity contribution is 6.12. The van der Waals surface area contributed by atoms with Crippen molar-refractivity contribution in [1.82, 2.24) is 10.2 Å². The van der Waals surface area contributed by atoms with Gasteiger partial charge in [-0.15, -0.1) is 0 Å². The number of amides is 1. The van der Waals surface area contributed by atoms with Gasteiger partial charge < -0.3 is 30.3 Å². The topological polar surface area (TPSA) is 133 Å². The molecule has 1 aromatic rings. The van der Waals surface area contributed by atoms with Gasteiger partial charge in [-0.3, -0.25) is 20.0 Å². The van der Waals surface area contributed by atoms with Crippen LogP contribution in [0.3, 0.4) is 0 Å². The quantitative estimate of drug-likeness (QED) is 0.229. The number of nitrogens with two attached hydrogens (primary N) is 1. The van der Waals surface area contributed by atoms with Gasteiger partial charge in [0.25, 0.3) is 6.43 Å². The number of ether oxygens (including phenoxy) is 2. The van der Waals surface area contributed by atoms with Crippen LogP contribution in [-0.4, -0.2) is 80.9 Å². The van der Waals surface area contributed by atoms with Crippen molar-refractivity contribution in [3.63, 3.8) is 0 Å². The number of allylic oxidation sites excluding steroid dienone is 1. The number of anilines is 1. The highest BCUT2D eigenvalue weighted by atomic mass is 19.3. The molecule has 0 atom stereocenters. The predicted molar refractivity (Wildman–Crippen MR) is 158 cm³/mol. The molecule has 0 aromatic heterocycles. The molecule has 228 valence electrons. The summed E-state index contributed by atoms with van der Waals surface area (Å²) in [6, 6.07) is 3.33. The Morgan fingerprint density at radius 3 is 2.69 bits per heavy atom. The van der Waals surface area contributed by atoms with Crippen molar-refractivity contribution in [3.05, 3.63) is 46.3 Å². The second kappa shape index (κ2) is 14.4. The van der Waals surface area contributed by atoms with E-state index < -0.39 is 12.4 Å². The van der Waals surface area contributed by atoms with Crippen molar-refractivity contribution in [3.8, 4) is 0 Å². The second-order valence-electron chi connectivity index (χ2n) is 10.5. The Morgan fingerprint density at radius 2 is 2.02 bits per heavy atom. The molecule has 0 bridgehead atoms. The molecule has 4 N–H and O–H groups in total. The Bertz CT molecular complexity index is 1270. The summed E-state index contributed by atoms with van der Waals surface area (Å²) in [5, 5.41) is 12.9. The van der Waals surface area contributed by atoms with Crippen molar-refractivity contribution < 1.29 is 27.8 Å². The van der Waals surface area contributed by atoms with Crippen molar-refractivity contribution >= 4 is 35.2 Å². The number of amidine groups is 1. The number of carbonyl (C=O) groups excluding carboxylic acids is 2. The lowest BCUT2D eigenvalue weighted by molar-refractivity contribution is -0.141. The number of halogens is 2. The third-order valence-electron chi connectivity index (χ3n) is 7.80. The van der Waals surface area contributed by atoms with E-state index in [0.717, 1.165) is 24.1 Å². The molecule has 42 heavy (non-hydrogen) atoms. The average Bonchev–Trinajstić information content (AvgIpc) is 2.98. The lowest BCUT2D eigenvalue weighted by atomic mass is 9.91. The fourth-order valence-electron chi connectivity index (χ4n) is 5.60. The van der Waals surface area contributed by atoms with Crippen molar-refractivity contribution in [1.29, 1.82) is 5.41 Å². The molecule has 3 aliphatic heterocycles. The molecule has 0 radical (unpaired) electrons. The summed E-state index contributed by atoms with van der Waals surface area (Å²) < 4.78 is 39.3. The summed E-state index contributed by atoms with van der Waals surface area (Å²) in [5.41, 5.74) is 9.05. The first kappa shape index (κ1) is 31.1. The van der Waals surface area contributed by atoms with Crippen molar-refractivity contribution in [2.24, 2.45) is 10.7 Å². The number of hydrogen-bond donors (Lipinski definition) is 3. The van der Waals surface area contributed by atoms with E-state index in [1.807, 2.05) is 0 Å². The minimum absolute atomic E-state index is 0.0696. The minimum Gasteiger partial charge on any atom is -0.465 e. The Balaban J connectivity index is 1.68. The van der Waals surface area contributed by atoms with Crippen LogP contribution < -0.4 is 16.0 Å². The van der Waals surface area contributed by atoms with E-state index in [2.05, 4.69) is 10.3 Å². The average molecular weight is 587 g/mol. The number of alkyl halides is 2. The van der Waals surface area contributed by atoms with E-state index in [1.54, 1.807) is 22.8 Å². The highest BCUT2D eigenvalue weighted by Gasteiger charge is 2.31. The fraction of sp³-hybridized carbons (Fsp3) is 0.533. The Labute approximate surface area is 245 Å². The monoisotopic (exact) mass is 586 g/mol. The molecule has 12 heteroatoms. The lowest BCUT2D eigenvalue weighted by Gasteiger charge is -2.38. The normalized spacial score (nSPS) is 18.5. The minimum atomic E-state index is -2.82. The first-order chi connectivity index (χ1) is 20.2. The lowest BCUT2D eigenvalue weighted by Crippen LogP contribution is -2.46. The molecule has 0 spiro atoms. The van der Waals surface area contributed by atoms with E-state index in [4.69, 9.17) is 15.2 Å². The zero-order chi connectivity index (χ0) is 30.2. The molecule has 1 aromatic carbocycles. The smallest absolute Gasteiger partial charge is 0.327 e. The van der Waals surface area contributed by atoms with Crippen LogP contribution in [0.4, 0.5) is 14.5 Å². The van der Waals surface area contributed by atoms with Gasteiger partial charge in [-0.05, 0) is 55.9 Å². The van der Waals surface area contributed by atoms with E-state index in [-0.39, 0.29) is 54.2 Å². The van der Waals surface area contributed by atoms with E-state index in [1.165, 1.54) is 25.4 Å². The number of carbonyl (C=O) groups is 2. The molecule has 10 nitrogen and oxygen atoms in total. The van der Waals surface area contributed by atoms with Gasteiger partial charge in [0.05, 0.1) is 13.2 Å². The van der Waals surface area contributed by atoms with Gasteiger partial charge >= 0.3 is 5.97 Å². The van der Waals surface area contributed by atoms with Gasteiger partial charge in [0, 0.05) is 86.2 Å². The number of rotatable bonds is 9. The standard InChI is InChI=1S/C30H40F2N6O4/c1-3-42-28(40)17-35-16-21(15-33)23-13-20-5-4-9-38(27(20)14-24(23)29(31)32)30(34)25-18-37(19(2)39)10-6-26(25)36-22-7-11-41-12-8-22/h13-16,22,29,34,36H,3-12,17-18,33H2,1-2H3/b21-15+,34-30?,35-16?. The van der Waals surface area contributed by atoms with Gasteiger partial charge in [-0.1, -0.05) is 0 Å². The summed E-state index contributed by atoms with van der Waals surface area (Å²) in [5.74, 6) is -0.389. The molecule has 0 aliphatic carbocycles. The summed E-state index contributed by atoms with van der Waals surface area (Å²) in [6.45, 7) is 5.84. The largest absolute Gasteiger partial charge is 0.465 e. The van der Waals surface area contributed by atoms with Crippen LogP contribution >= 0.6 is 0 Å². The summed E-state index contributed by atoms with van der Waals surface area (Å²) in [7, 11) is 0. The Kier molecular flexibility index (Phi) is 10.7. The van der Waals surface area contributed by atoms with Crippen molar-refractivity contribution in [2.75, 3.05) is 50.9 Å². The molecule has 0 saturated carbocycles. The van der Waals surface area contributed by atoms with E-state index in [9.17, 15) is 23.8 Å². The molecule has 3 aliphatic rings. The van der Waals surface area contributed by atoms with E-state index in [0.29, 0.717) is 56.8 Å². The number of benzene rings is 1. The SMILES string of the molecule is CCOC(=O)CN=C/C(=C\N)c1cc2c(cc1C(F)F)N(C(=N)C1=C(NC3CCOCC3)CCN(C(C)=O)C1)CCC2. The zero-order valence-corrected chi connectivity index (χ0v) is 24.3. The maximum absolute atomic E-state index is 14.5. The number of hydrogen-bond acceptors (Lipinski definition) is 8. The maximum atomic E-state index is 14.5. The molecule has 4 rings (SSSR count). The number of fused-ring (bicyclic) bond motifs is 1. The summed E-state index contributed by atoms with van der Waals surface area (Å²) in [6.07, 6.45) is 3.35. The number of aryl methyl sites for hydroxylation is 1. The van der Waals surface area contributed by atoms with Crippen LogP contribution in [0.5, 0.6) is 0 Å². The number of nitrogens with zero attached hydrogens (tertiary/aromatic N) is 3. The first-order valence-electron chi connectivity index (χ1n) is 14.4. The Morgan fingerprint density at radius 1 is 1.26 bits per heavy atom. The van der Waals surface area contributed by atoms with Gasteiger partial charge in [0.1, 0.15) is 12.4 Å². The van der Waals surface area contributed by atoms with Gasteiger partial charge in [0.2, 0.25) is 5.91 Å². The maximum Gasteiger partial charge on any atom is 0.327 e. The number of esters is 1. The Hall–Kier alpha value is -3.80. The third-order valence-corrected chi connectivity index (χ3v) is 7.80. The van der Waals surface area contributed by atoms with Crippen LogP contribution in [0.2, 0.25) is 0 Å². The fourth-order valence-corrected chi connectivity index (χ4v) is 5.60. The predicted octanol–water partition coefficient (Wildman–Crippen LogP) is 3.56. The van der Waals surface area contributed by atoms with Crippen LogP contribution in [0.25, 0.3) is 5.57 Å². The number of nitrogens with one attached hydrogen (secondary N) is 2. The zero-order valence-electron chi connectivity index (χ0n) is 24.3. The first-order valence-corrected chi connectivity index (χ1v) is 14.4. The summed E-state index contributed by atoms with van der Waals surface area (Å²) >= 11 is 0. The molecular formula is C30H40F2N6O4. The summed E-state index contributed by atoms with van der Waals surface area (Å²) in [4.78, 5) is 31.5. The van der Waals surface area contributed by atoms with Crippen LogP contribution in [0.1, 0.15) is 62.6 Å².